The van der Waals surface area contributed by atoms with Gasteiger partial charge in [-0.2, -0.15) is 0 Å². The second kappa shape index (κ2) is 11.1. The van der Waals surface area contributed by atoms with Gasteiger partial charge >= 0.3 is 0 Å². The molecule has 0 aliphatic heterocycles. The van der Waals surface area contributed by atoms with E-state index < -0.39 is 0 Å². The van der Waals surface area contributed by atoms with Crippen LogP contribution >= 0.6 is 11.6 Å². The Morgan fingerprint density at radius 1 is 1.10 bits per heavy atom. The zero-order valence-electron chi connectivity index (χ0n) is 14.0. The lowest BCUT2D eigenvalue weighted by Gasteiger charge is -2.24. The van der Waals surface area contributed by atoms with Crippen molar-refractivity contribution in [3.05, 3.63) is 34.9 Å². The summed E-state index contributed by atoms with van der Waals surface area (Å²) in [5.41, 5.74) is 1.28. The third kappa shape index (κ3) is 7.33. The van der Waals surface area contributed by atoms with E-state index in [0.717, 1.165) is 23.9 Å². The molecule has 2 unspecified atom stereocenters. The molecule has 1 aromatic carbocycles. The highest BCUT2D eigenvalue weighted by Gasteiger charge is 2.16. The quantitative estimate of drug-likeness (QED) is 0.540. The highest BCUT2D eigenvalue weighted by molar-refractivity contribution is 6.31. The molecule has 0 fully saturated rings. The van der Waals surface area contributed by atoms with Gasteiger partial charge in [-0.25, -0.2) is 0 Å². The molecule has 0 amide bonds. The summed E-state index contributed by atoms with van der Waals surface area (Å²) in [5.74, 6) is 0.835. The fourth-order valence-electron chi connectivity index (χ4n) is 2.90. The molecule has 21 heavy (non-hydrogen) atoms. The van der Waals surface area contributed by atoms with Gasteiger partial charge in [-0.1, -0.05) is 76.3 Å². The van der Waals surface area contributed by atoms with Gasteiger partial charge in [0, 0.05) is 11.1 Å². The van der Waals surface area contributed by atoms with E-state index in [0.29, 0.717) is 6.04 Å². The van der Waals surface area contributed by atoms with Gasteiger partial charge in [0.15, 0.2) is 0 Å². The second-order valence-electron chi connectivity index (χ2n) is 6.10. The van der Waals surface area contributed by atoms with Crippen LogP contribution in [0.4, 0.5) is 0 Å². The van der Waals surface area contributed by atoms with Gasteiger partial charge < -0.3 is 5.32 Å². The Morgan fingerprint density at radius 2 is 1.86 bits per heavy atom. The topological polar surface area (TPSA) is 12.0 Å². The maximum atomic E-state index is 6.33. The molecule has 2 heteroatoms. The van der Waals surface area contributed by atoms with Gasteiger partial charge in [-0.15, -0.1) is 0 Å². The maximum Gasteiger partial charge on any atom is 0.0438 e. The summed E-state index contributed by atoms with van der Waals surface area (Å²) in [6.45, 7) is 7.93. The van der Waals surface area contributed by atoms with Crippen molar-refractivity contribution in [3.63, 3.8) is 0 Å². The SMILES string of the molecule is CCCCC(CC)CC(Cc1ccccc1Cl)NCCC. The maximum absolute atomic E-state index is 6.33. The van der Waals surface area contributed by atoms with Crippen molar-refractivity contribution in [3.8, 4) is 0 Å². The van der Waals surface area contributed by atoms with E-state index in [1.807, 2.05) is 12.1 Å². The van der Waals surface area contributed by atoms with Gasteiger partial charge in [0.25, 0.3) is 0 Å². The van der Waals surface area contributed by atoms with Crippen LogP contribution in [0.1, 0.15) is 64.9 Å². The van der Waals surface area contributed by atoms with Crippen LogP contribution in [0.2, 0.25) is 5.02 Å². The molecule has 1 rings (SSSR count). The summed E-state index contributed by atoms with van der Waals surface area (Å²) in [7, 11) is 0. The van der Waals surface area contributed by atoms with E-state index in [1.165, 1.54) is 44.1 Å². The number of hydrogen-bond acceptors (Lipinski definition) is 1. The molecular formula is C19H32ClN. The van der Waals surface area contributed by atoms with Crippen molar-refractivity contribution in [2.75, 3.05) is 6.54 Å². The average Bonchev–Trinajstić information content (AvgIpc) is 2.50. The van der Waals surface area contributed by atoms with E-state index in [4.69, 9.17) is 11.6 Å². The number of hydrogen-bond donors (Lipinski definition) is 1. The van der Waals surface area contributed by atoms with Crippen molar-refractivity contribution in [1.82, 2.24) is 5.32 Å². The third-order valence-electron chi connectivity index (χ3n) is 4.27. The Bertz CT molecular complexity index is 378. The Morgan fingerprint density at radius 3 is 2.48 bits per heavy atom. The van der Waals surface area contributed by atoms with Crippen LogP contribution in [0.5, 0.6) is 0 Å². The Hall–Kier alpha value is -0.530. The first-order chi connectivity index (χ1) is 10.2. The van der Waals surface area contributed by atoms with E-state index in [2.05, 4.69) is 38.2 Å². The monoisotopic (exact) mass is 309 g/mol. The fraction of sp³-hybridized carbons (Fsp3) is 0.684. The molecule has 1 N–H and O–H groups in total. The molecular weight excluding hydrogens is 278 g/mol. The molecule has 0 spiro atoms. The molecule has 1 nitrogen and oxygen atoms in total. The molecule has 0 aliphatic rings. The van der Waals surface area contributed by atoms with Gasteiger partial charge in [-0.3, -0.25) is 0 Å². The number of halogens is 1. The van der Waals surface area contributed by atoms with Gasteiger partial charge in [-0.05, 0) is 43.4 Å². The van der Waals surface area contributed by atoms with Crippen LogP contribution in [0.3, 0.4) is 0 Å². The van der Waals surface area contributed by atoms with Crippen molar-refractivity contribution in [1.29, 1.82) is 0 Å². The number of benzene rings is 1. The summed E-state index contributed by atoms with van der Waals surface area (Å²) in [4.78, 5) is 0. The molecule has 2 atom stereocenters. The summed E-state index contributed by atoms with van der Waals surface area (Å²) >= 11 is 6.33. The standard InChI is InChI=1S/C19H32ClN/c1-4-7-10-16(6-3)14-18(21-13-5-2)15-17-11-8-9-12-19(17)20/h8-9,11-12,16,18,21H,4-7,10,13-15H2,1-3H3. The predicted octanol–water partition coefficient (Wildman–Crippen LogP) is 5.86. The largest absolute Gasteiger partial charge is 0.314 e. The fourth-order valence-corrected chi connectivity index (χ4v) is 3.11. The molecule has 0 saturated heterocycles. The van der Waals surface area contributed by atoms with Crippen molar-refractivity contribution in [2.45, 2.75) is 71.8 Å². The molecule has 0 bridgehead atoms. The number of unbranched alkanes of at least 4 members (excludes halogenated alkanes) is 1. The first-order valence-corrected chi connectivity index (χ1v) is 9.05. The summed E-state index contributed by atoms with van der Waals surface area (Å²) < 4.78 is 0. The highest BCUT2D eigenvalue weighted by Crippen LogP contribution is 2.23. The first kappa shape index (κ1) is 18.5. The zero-order chi connectivity index (χ0) is 15.5. The molecule has 0 aliphatic carbocycles. The minimum Gasteiger partial charge on any atom is -0.314 e. The van der Waals surface area contributed by atoms with Crippen LogP contribution in [0.25, 0.3) is 0 Å². The van der Waals surface area contributed by atoms with Crippen molar-refractivity contribution in [2.24, 2.45) is 5.92 Å². The first-order valence-electron chi connectivity index (χ1n) is 8.67. The summed E-state index contributed by atoms with van der Waals surface area (Å²) in [5, 5.41) is 4.63. The number of nitrogens with one attached hydrogen (secondary N) is 1. The lowest BCUT2D eigenvalue weighted by atomic mass is 9.89. The lowest BCUT2D eigenvalue weighted by Crippen LogP contribution is -2.34. The third-order valence-corrected chi connectivity index (χ3v) is 4.64. The van der Waals surface area contributed by atoms with Crippen molar-refractivity contribution < 1.29 is 0 Å². The summed E-state index contributed by atoms with van der Waals surface area (Å²) in [6.07, 6.45) is 8.79. The summed E-state index contributed by atoms with van der Waals surface area (Å²) in [6, 6.07) is 8.81. The van der Waals surface area contributed by atoms with Crippen LogP contribution in [-0.4, -0.2) is 12.6 Å². The van der Waals surface area contributed by atoms with Gasteiger partial charge in [0.1, 0.15) is 0 Å². The molecule has 0 radical (unpaired) electrons. The van der Waals surface area contributed by atoms with E-state index >= 15 is 0 Å². The van der Waals surface area contributed by atoms with E-state index in [1.54, 1.807) is 0 Å². The minimum atomic E-state index is 0.548. The average molecular weight is 310 g/mol. The normalized spacial score (nSPS) is 14.1. The highest BCUT2D eigenvalue weighted by atomic mass is 35.5. The molecule has 0 saturated carbocycles. The molecule has 0 heterocycles. The van der Waals surface area contributed by atoms with Crippen LogP contribution in [-0.2, 0) is 6.42 Å². The smallest absolute Gasteiger partial charge is 0.0438 e. The Labute approximate surface area is 136 Å². The Kier molecular flexibility index (Phi) is 9.78. The Balaban J connectivity index is 2.63. The van der Waals surface area contributed by atoms with E-state index in [-0.39, 0.29) is 0 Å². The second-order valence-corrected chi connectivity index (χ2v) is 6.51. The van der Waals surface area contributed by atoms with E-state index in [9.17, 15) is 0 Å². The lowest BCUT2D eigenvalue weighted by molar-refractivity contribution is 0.347. The number of rotatable bonds is 11. The van der Waals surface area contributed by atoms with Crippen LogP contribution in [0.15, 0.2) is 24.3 Å². The molecule has 0 aromatic heterocycles. The van der Waals surface area contributed by atoms with Crippen LogP contribution < -0.4 is 5.32 Å². The zero-order valence-corrected chi connectivity index (χ0v) is 14.8. The van der Waals surface area contributed by atoms with Crippen molar-refractivity contribution >= 4 is 11.6 Å². The minimum absolute atomic E-state index is 0.548. The molecule has 1 aromatic rings. The predicted molar refractivity (Wildman–Crippen MR) is 95.2 cm³/mol. The van der Waals surface area contributed by atoms with Gasteiger partial charge in [0.05, 0.1) is 0 Å². The van der Waals surface area contributed by atoms with Crippen LogP contribution in [0, 0.1) is 5.92 Å². The van der Waals surface area contributed by atoms with Gasteiger partial charge in [0.2, 0.25) is 0 Å². The molecule has 120 valence electrons.